The number of primary amides is 1. The molecule has 1 aromatic carbocycles. The lowest BCUT2D eigenvalue weighted by molar-refractivity contribution is -0.120. The van der Waals surface area contributed by atoms with E-state index in [4.69, 9.17) is 11.0 Å². The van der Waals surface area contributed by atoms with Crippen molar-refractivity contribution >= 4 is 11.8 Å². The van der Waals surface area contributed by atoms with Crippen LogP contribution in [0.2, 0.25) is 0 Å². The predicted molar refractivity (Wildman–Crippen MR) is 66.2 cm³/mol. The van der Waals surface area contributed by atoms with Gasteiger partial charge in [0, 0.05) is 12.5 Å². The van der Waals surface area contributed by atoms with Gasteiger partial charge in [-0.05, 0) is 18.1 Å². The number of hydrogen-bond acceptors (Lipinski definition) is 3. The number of rotatable bonds is 5. The third-order valence-electron chi connectivity index (χ3n) is 2.75. The molecule has 0 aliphatic rings. The first-order chi connectivity index (χ1) is 9.36. The highest BCUT2D eigenvalue weighted by Gasteiger charge is 2.26. The van der Waals surface area contributed by atoms with Crippen LogP contribution in [0.15, 0.2) is 18.2 Å². The number of halogens is 2. The molecule has 0 heterocycles. The van der Waals surface area contributed by atoms with Crippen LogP contribution >= 0.6 is 0 Å². The molecule has 0 saturated carbocycles. The van der Waals surface area contributed by atoms with Crippen LogP contribution in [0.3, 0.4) is 0 Å². The van der Waals surface area contributed by atoms with E-state index in [1.807, 2.05) is 6.07 Å². The summed E-state index contributed by atoms with van der Waals surface area (Å²) >= 11 is 0. The molecule has 3 N–H and O–H groups in total. The molecule has 2 amide bonds. The van der Waals surface area contributed by atoms with Gasteiger partial charge in [0.2, 0.25) is 5.91 Å². The maximum atomic E-state index is 13.4. The summed E-state index contributed by atoms with van der Waals surface area (Å²) in [5, 5.41) is 10.8. The maximum absolute atomic E-state index is 13.4. The van der Waals surface area contributed by atoms with Crippen LogP contribution in [-0.2, 0) is 4.79 Å². The van der Waals surface area contributed by atoms with Crippen molar-refractivity contribution < 1.29 is 18.4 Å². The molecule has 5 nitrogen and oxygen atoms in total. The highest BCUT2D eigenvalue weighted by molar-refractivity contribution is 5.97. The summed E-state index contributed by atoms with van der Waals surface area (Å²) in [4.78, 5) is 23.1. The van der Waals surface area contributed by atoms with Crippen molar-refractivity contribution in [1.82, 2.24) is 5.32 Å². The molecule has 2 atom stereocenters. The largest absolute Gasteiger partial charge is 0.368 e. The molecule has 0 unspecified atom stereocenters. The third-order valence-corrected chi connectivity index (χ3v) is 2.75. The molecule has 106 valence electrons. The number of nitriles is 1. The summed E-state index contributed by atoms with van der Waals surface area (Å²) in [6, 6.07) is 3.20. The second kappa shape index (κ2) is 6.61. The van der Waals surface area contributed by atoms with Crippen LogP contribution in [0.25, 0.3) is 0 Å². The summed E-state index contributed by atoms with van der Waals surface area (Å²) < 4.78 is 26.2. The number of nitrogens with two attached hydrogens (primary N) is 1. The predicted octanol–water partition coefficient (Wildman–Crippen LogP) is 1.10. The van der Waals surface area contributed by atoms with E-state index in [1.165, 1.54) is 0 Å². The number of nitrogens with zero attached hydrogens (tertiary/aromatic N) is 1. The first-order valence-corrected chi connectivity index (χ1v) is 5.79. The smallest absolute Gasteiger partial charge is 0.254 e. The Kier molecular flexibility index (Phi) is 5.15. The molecule has 0 bridgehead atoms. The number of nitrogens with one attached hydrogen (secondary N) is 1. The highest BCUT2D eigenvalue weighted by atomic mass is 19.1. The van der Waals surface area contributed by atoms with Gasteiger partial charge in [0.1, 0.15) is 17.7 Å². The van der Waals surface area contributed by atoms with Crippen molar-refractivity contribution in [2.75, 3.05) is 0 Å². The van der Waals surface area contributed by atoms with E-state index in [9.17, 15) is 18.4 Å². The first kappa shape index (κ1) is 15.6. The quantitative estimate of drug-likeness (QED) is 0.845. The second-order valence-electron chi connectivity index (χ2n) is 4.32. The van der Waals surface area contributed by atoms with Crippen LogP contribution in [0.4, 0.5) is 8.78 Å². The molecule has 0 aliphatic carbocycles. The normalized spacial score (nSPS) is 13.1. The van der Waals surface area contributed by atoms with Crippen LogP contribution in [0, 0.1) is 28.9 Å². The van der Waals surface area contributed by atoms with E-state index >= 15 is 0 Å². The zero-order chi connectivity index (χ0) is 15.3. The Morgan fingerprint density at radius 1 is 1.45 bits per heavy atom. The summed E-state index contributed by atoms with van der Waals surface area (Å²) in [6.45, 7) is 1.56. The molecule has 20 heavy (non-hydrogen) atoms. The SMILES string of the molecule is C[C@@H](CC#N)[C@H](NC(=O)c1ccc(F)cc1F)C(N)=O. The topological polar surface area (TPSA) is 96.0 Å². The minimum Gasteiger partial charge on any atom is -0.368 e. The highest BCUT2D eigenvalue weighted by Crippen LogP contribution is 2.12. The van der Waals surface area contributed by atoms with Crippen molar-refractivity contribution in [3.05, 3.63) is 35.4 Å². The Hall–Kier alpha value is -2.49. The number of benzene rings is 1. The van der Waals surface area contributed by atoms with Crippen molar-refractivity contribution in [3.63, 3.8) is 0 Å². The van der Waals surface area contributed by atoms with Gasteiger partial charge in [-0.2, -0.15) is 5.26 Å². The van der Waals surface area contributed by atoms with E-state index < -0.39 is 41.0 Å². The minimum absolute atomic E-state index is 0.000212. The van der Waals surface area contributed by atoms with Gasteiger partial charge in [-0.25, -0.2) is 8.78 Å². The Bertz CT molecular complexity index is 569. The van der Waals surface area contributed by atoms with Gasteiger partial charge < -0.3 is 11.1 Å². The van der Waals surface area contributed by atoms with Gasteiger partial charge in [-0.1, -0.05) is 6.92 Å². The fourth-order valence-electron chi connectivity index (χ4n) is 1.65. The lowest BCUT2D eigenvalue weighted by Gasteiger charge is -2.20. The second-order valence-corrected chi connectivity index (χ2v) is 4.32. The molecule has 1 aromatic rings. The van der Waals surface area contributed by atoms with Crippen molar-refractivity contribution in [2.24, 2.45) is 11.7 Å². The van der Waals surface area contributed by atoms with E-state index in [0.29, 0.717) is 6.07 Å². The molecular weight excluding hydrogens is 268 g/mol. The van der Waals surface area contributed by atoms with Crippen LogP contribution in [-0.4, -0.2) is 17.9 Å². The number of hydrogen-bond donors (Lipinski definition) is 2. The first-order valence-electron chi connectivity index (χ1n) is 5.79. The molecular formula is C13H13F2N3O2. The van der Waals surface area contributed by atoms with Gasteiger partial charge >= 0.3 is 0 Å². The summed E-state index contributed by atoms with van der Waals surface area (Å²) in [6.07, 6.45) is -0.000212. The monoisotopic (exact) mass is 281 g/mol. The van der Waals surface area contributed by atoms with Crippen molar-refractivity contribution in [2.45, 2.75) is 19.4 Å². The van der Waals surface area contributed by atoms with E-state index in [-0.39, 0.29) is 6.42 Å². The Morgan fingerprint density at radius 2 is 2.10 bits per heavy atom. The van der Waals surface area contributed by atoms with E-state index in [1.54, 1.807) is 6.92 Å². The van der Waals surface area contributed by atoms with Crippen LogP contribution < -0.4 is 11.1 Å². The van der Waals surface area contributed by atoms with Gasteiger partial charge in [0.15, 0.2) is 0 Å². The van der Waals surface area contributed by atoms with Crippen molar-refractivity contribution in [3.8, 4) is 6.07 Å². The molecule has 0 fully saturated rings. The standard InChI is InChI=1S/C13H13F2N3O2/c1-7(4-5-16)11(12(17)19)18-13(20)9-3-2-8(14)6-10(9)15/h2-3,6-7,11H,4H2,1H3,(H2,17,19)(H,18,20)/t7-,11-/m0/s1. The average molecular weight is 281 g/mol. The molecule has 0 radical (unpaired) electrons. The van der Waals surface area contributed by atoms with E-state index in [0.717, 1.165) is 12.1 Å². The summed E-state index contributed by atoms with van der Waals surface area (Å²) in [5.74, 6) is -4.10. The Morgan fingerprint density at radius 3 is 2.60 bits per heavy atom. The van der Waals surface area contributed by atoms with Crippen molar-refractivity contribution in [1.29, 1.82) is 5.26 Å². The van der Waals surface area contributed by atoms with E-state index in [2.05, 4.69) is 5.32 Å². The third kappa shape index (κ3) is 3.75. The average Bonchev–Trinajstić information content (AvgIpc) is 2.35. The van der Waals surface area contributed by atoms with Crippen LogP contribution in [0.5, 0.6) is 0 Å². The molecule has 0 aliphatic heterocycles. The molecule has 7 heteroatoms. The van der Waals surface area contributed by atoms with Gasteiger partial charge in [-0.15, -0.1) is 0 Å². The zero-order valence-electron chi connectivity index (χ0n) is 10.7. The van der Waals surface area contributed by atoms with Gasteiger partial charge in [0.05, 0.1) is 11.6 Å². The number of amides is 2. The Labute approximate surface area is 114 Å². The van der Waals surface area contributed by atoms with Gasteiger partial charge in [-0.3, -0.25) is 9.59 Å². The maximum Gasteiger partial charge on any atom is 0.254 e. The molecule has 0 saturated heterocycles. The summed E-state index contributed by atoms with van der Waals surface area (Å²) in [5.41, 5.74) is 4.74. The fourth-order valence-corrected chi connectivity index (χ4v) is 1.65. The Balaban J connectivity index is 2.91. The lowest BCUT2D eigenvalue weighted by Crippen LogP contribution is -2.48. The van der Waals surface area contributed by atoms with Crippen LogP contribution in [0.1, 0.15) is 23.7 Å². The molecule has 1 rings (SSSR count). The number of carbonyl (C=O) groups is 2. The fraction of sp³-hybridized carbons (Fsp3) is 0.308. The minimum atomic E-state index is -1.10. The lowest BCUT2D eigenvalue weighted by atomic mass is 9.98. The molecule has 0 spiro atoms. The number of carbonyl (C=O) groups excluding carboxylic acids is 2. The molecule has 0 aromatic heterocycles. The zero-order valence-corrected chi connectivity index (χ0v) is 10.7. The summed E-state index contributed by atoms with van der Waals surface area (Å²) in [7, 11) is 0. The van der Waals surface area contributed by atoms with Gasteiger partial charge in [0.25, 0.3) is 5.91 Å².